The second kappa shape index (κ2) is 10.4. The zero-order valence-corrected chi connectivity index (χ0v) is 19.7. The quantitative estimate of drug-likeness (QED) is 0.342. The Hall–Kier alpha value is -3.83. The van der Waals surface area contributed by atoms with E-state index in [1.54, 1.807) is 24.3 Å². The average molecular weight is 506 g/mol. The Morgan fingerprint density at radius 2 is 1.74 bits per heavy atom. The van der Waals surface area contributed by atoms with E-state index in [9.17, 15) is 23.3 Å². The van der Waals surface area contributed by atoms with E-state index in [1.165, 1.54) is 44.6 Å². The Kier molecular flexibility index (Phi) is 7.59. The van der Waals surface area contributed by atoms with Gasteiger partial charge in [-0.3, -0.25) is 19.2 Å². The van der Waals surface area contributed by atoms with E-state index in [1.807, 2.05) is 0 Å². The van der Waals surface area contributed by atoms with Gasteiger partial charge >= 0.3 is 0 Å². The molecule has 0 aliphatic rings. The maximum Gasteiger partial charge on any atom is 0.289 e. The third kappa shape index (κ3) is 5.38. The Morgan fingerprint density at radius 3 is 2.35 bits per heavy atom. The maximum atomic E-state index is 13.7. The van der Waals surface area contributed by atoms with Crippen molar-refractivity contribution in [2.24, 2.45) is 0 Å². The number of halogens is 1. The molecule has 0 bridgehead atoms. The van der Waals surface area contributed by atoms with Crippen molar-refractivity contribution in [1.82, 2.24) is 0 Å². The van der Waals surface area contributed by atoms with Crippen LogP contribution in [0.1, 0.15) is 0 Å². The van der Waals surface area contributed by atoms with Gasteiger partial charge in [-0.1, -0.05) is 23.7 Å². The lowest BCUT2D eigenvalue weighted by Gasteiger charge is -2.25. The minimum absolute atomic E-state index is 0.00675. The number of anilines is 2. The van der Waals surface area contributed by atoms with Gasteiger partial charge in [-0.05, 0) is 42.5 Å². The number of para-hydroxylation sites is 1. The SMILES string of the molecule is COc1ccc(N(CC(=O)Nc2ccc(Cl)cc2)S(=O)(=O)c2ccccc2[N+](=O)[O-])c(OC)c1. The van der Waals surface area contributed by atoms with Crippen LogP contribution in [0.3, 0.4) is 0 Å². The number of nitrogens with one attached hydrogen (secondary N) is 1. The predicted octanol–water partition coefficient (Wildman–Crippen LogP) is 4.10. The number of amides is 1. The lowest BCUT2D eigenvalue weighted by Crippen LogP contribution is -2.38. The fraction of sp³-hybridized carbons (Fsp3) is 0.136. The maximum absolute atomic E-state index is 13.7. The van der Waals surface area contributed by atoms with E-state index in [0.29, 0.717) is 16.5 Å². The van der Waals surface area contributed by atoms with E-state index < -0.39 is 38.0 Å². The number of rotatable bonds is 9. The molecule has 0 spiro atoms. The number of benzene rings is 3. The number of sulfonamides is 1. The fourth-order valence-corrected chi connectivity index (χ4v) is 4.82. The van der Waals surface area contributed by atoms with Crippen molar-refractivity contribution in [3.05, 3.63) is 81.9 Å². The molecule has 0 unspecified atom stereocenters. The topological polar surface area (TPSA) is 128 Å². The number of carbonyl (C=O) groups excluding carboxylic acids is 1. The van der Waals surface area contributed by atoms with E-state index in [0.717, 1.165) is 16.4 Å². The average Bonchev–Trinajstić information content (AvgIpc) is 2.83. The van der Waals surface area contributed by atoms with Crippen molar-refractivity contribution in [1.29, 1.82) is 0 Å². The first kappa shape index (κ1) is 24.8. The molecule has 0 saturated heterocycles. The van der Waals surface area contributed by atoms with Gasteiger partial charge in [0.25, 0.3) is 15.7 Å². The molecular weight excluding hydrogens is 486 g/mol. The van der Waals surface area contributed by atoms with Crippen LogP contribution >= 0.6 is 11.6 Å². The molecule has 0 aromatic heterocycles. The van der Waals surface area contributed by atoms with Crippen molar-refractivity contribution in [2.45, 2.75) is 4.90 Å². The summed E-state index contributed by atoms with van der Waals surface area (Å²) in [4.78, 5) is 23.0. The van der Waals surface area contributed by atoms with Crippen molar-refractivity contribution >= 4 is 44.6 Å². The van der Waals surface area contributed by atoms with Crippen LogP contribution in [0.25, 0.3) is 0 Å². The number of nitro groups is 1. The lowest BCUT2D eigenvalue weighted by molar-refractivity contribution is -0.387. The summed E-state index contributed by atoms with van der Waals surface area (Å²) in [5.74, 6) is -0.225. The summed E-state index contributed by atoms with van der Waals surface area (Å²) in [5.41, 5.74) is -0.245. The van der Waals surface area contributed by atoms with E-state index >= 15 is 0 Å². The number of carbonyl (C=O) groups is 1. The normalized spacial score (nSPS) is 10.9. The molecule has 0 aliphatic carbocycles. The molecule has 3 aromatic rings. The zero-order chi connectivity index (χ0) is 24.9. The molecule has 0 atom stereocenters. The number of ether oxygens (including phenoxy) is 2. The summed E-state index contributed by atoms with van der Waals surface area (Å²) >= 11 is 5.86. The van der Waals surface area contributed by atoms with Crippen molar-refractivity contribution in [2.75, 3.05) is 30.4 Å². The molecule has 0 radical (unpaired) electrons. The smallest absolute Gasteiger partial charge is 0.289 e. The number of nitrogens with zero attached hydrogens (tertiary/aromatic N) is 2. The first-order valence-electron chi connectivity index (χ1n) is 9.71. The summed E-state index contributed by atoms with van der Waals surface area (Å²) < 4.78 is 38.5. The van der Waals surface area contributed by atoms with Crippen LogP contribution in [0, 0.1) is 10.1 Å². The molecule has 34 heavy (non-hydrogen) atoms. The number of hydrogen-bond acceptors (Lipinski definition) is 7. The van der Waals surface area contributed by atoms with E-state index in [4.69, 9.17) is 21.1 Å². The van der Waals surface area contributed by atoms with Gasteiger partial charge in [0.05, 0.1) is 24.8 Å². The first-order valence-corrected chi connectivity index (χ1v) is 11.5. The Morgan fingerprint density at radius 1 is 1.06 bits per heavy atom. The minimum Gasteiger partial charge on any atom is -0.497 e. The molecule has 3 rings (SSSR count). The Balaban J connectivity index is 2.10. The molecule has 0 aliphatic heterocycles. The molecule has 0 heterocycles. The van der Waals surface area contributed by atoms with Gasteiger partial charge in [0, 0.05) is 22.8 Å². The van der Waals surface area contributed by atoms with Crippen LogP contribution in [0.4, 0.5) is 17.1 Å². The van der Waals surface area contributed by atoms with Crippen LogP contribution in [-0.4, -0.2) is 40.0 Å². The van der Waals surface area contributed by atoms with Crippen molar-refractivity contribution in [3.63, 3.8) is 0 Å². The van der Waals surface area contributed by atoms with Crippen LogP contribution in [-0.2, 0) is 14.8 Å². The second-order valence-electron chi connectivity index (χ2n) is 6.83. The molecular formula is C22H20ClN3O7S. The molecule has 10 nitrogen and oxygen atoms in total. The standard InChI is InChI=1S/C22H20ClN3O7S/c1-32-17-11-12-18(20(13-17)33-2)25(14-22(27)24-16-9-7-15(23)8-10-16)34(30,31)21-6-4-3-5-19(21)26(28)29/h3-13H,14H2,1-2H3,(H,24,27). The summed E-state index contributed by atoms with van der Waals surface area (Å²) in [6.07, 6.45) is 0. The van der Waals surface area contributed by atoms with Gasteiger partial charge in [-0.2, -0.15) is 0 Å². The van der Waals surface area contributed by atoms with Gasteiger partial charge < -0.3 is 14.8 Å². The molecule has 3 aromatic carbocycles. The largest absolute Gasteiger partial charge is 0.497 e. The molecule has 1 amide bonds. The van der Waals surface area contributed by atoms with Gasteiger partial charge in [0.2, 0.25) is 5.91 Å². The highest BCUT2D eigenvalue weighted by atomic mass is 35.5. The second-order valence-corrected chi connectivity index (χ2v) is 9.10. The molecule has 0 saturated carbocycles. The zero-order valence-electron chi connectivity index (χ0n) is 18.1. The van der Waals surface area contributed by atoms with Gasteiger partial charge in [0.1, 0.15) is 18.0 Å². The molecule has 178 valence electrons. The van der Waals surface area contributed by atoms with Crippen molar-refractivity contribution < 1.29 is 27.6 Å². The number of hydrogen-bond donors (Lipinski definition) is 1. The fourth-order valence-electron chi connectivity index (χ4n) is 3.10. The van der Waals surface area contributed by atoms with Crippen LogP contribution in [0.15, 0.2) is 71.6 Å². The van der Waals surface area contributed by atoms with Gasteiger partial charge in [-0.15, -0.1) is 0 Å². The summed E-state index contributed by atoms with van der Waals surface area (Å²) in [5, 5.41) is 14.6. The highest BCUT2D eigenvalue weighted by Crippen LogP contribution is 2.37. The van der Waals surface area contributed by atoms with Crippen LogP contribution in [0.2, 0.25) is 5.02 Å². The Labute approximate surface area is 200 Å². The third-order valence-corrected chi connectivity index (χ3v) is 6.76. The highest BCUT2D eigenvalue weighted by molar-refractivity contribution is 7.93. The summed E-state index contributed by atoms with van der Waals surface area (Å²) in [7, 11) is -1.84. The number of methoxy groups -OCH3 is 2. The monoisotopic (exact) mass is 505 g/mol. The summed E-state index contributed by atoms with van der Waals surface area (Å²) in [6, 6.07) is 15.4. The molecule has 1 N–H and O–H groups in total. The first-order chi connectivity index (χ1) is 16.2. The van der Waals surface area contributed by atoms with Crippen LogP contribution < -0.4 is 19.1 Å². The lowest BCUT2D eigenvalue weighted by atomic mass is 10.2. The number of nitro benzene ring substituents is 1. The van der Waals surface area contributed by atoms with E-state index in [2.05, 4.69) is 5.32 Å². The van der Waals surface area contributed by atoms with Gasteiger partial charge in [-0.25, -0.2) is 8.42 Å². The molecule has 12 heteroatoms. The third-order valence-electron chi connectivity index (χ3n) is 4.70. The summed E-state index contributed by atoms with van der Waals surface area (Å²) in [6.45, 7) is -0.695. The van der Waals surface area contributed by atoms with Crippen LogP contribution in [0.5, 0.6) is 11.5 Å². The predicted molar refractivity (Wildman–Crippen MR) is 127 cm³/mol. The van der Waals surface area contributed by atoms with Crippen molar-refractivity contribution in [3.8, 4) is 11.5 Å². The van der Waals surface area contributed by atoms with Gasteiger partial charge in [0.15, 0.2) is 4.90 Å². The Bertz CT molecular complexity index is 1310. The van der Waals surface area contributed by atoms with E-state index in [-0.39, 0.29) is 11.4 Å². The highest BCUT2D eigenvalue weighted by Gasteiger charge is 2.34. The molecule has 0 fully saturated rings. The minimum atomic E-state index is -4.59.